The first kappa shape index (κ1) is 17.5. The second kappa shape index (κ2) is 8.13. The van der Waals surface area contributed by atoms with Crippen molar-refractivity contribution in [3.63, 3.8) is 0 Å². The summed E-state index contributed by atoms with van der Waals surface area (Å²) >= 11 is 1.41. The molecule has 2 aromatic rings. The Kier molecular flexibility index (Phi) is 5.93. The van der Waals surface area contributed by atoms with Crippen molar-refractivity contribution in [3.05, 3.63) is 52.7 Å². The summed E-state index contributed by atoms with van der Waals surface area (Å²) in [7, 11) is 1.60. The summed E-state index contributed by atoms with van der Waals surface area (Å²) in [6.45, 7) is 3.73. The van der Waals surface area contributed by atoms with Crippen molar-refractivity contribution >= 4 is 22.4 Å². The van der Waals surface area contributed by atoms with Crippen LogP contribution < -0.4 is 15.4 Å². The molecule has 24 heavy (non-hydrogen) atoms. The van der Waals surface area contributed by atoms with Gasteiger partial charge >= 0.3 is 0 Å². The maximum Gasteiger partial charge on any atom is 0.263 e. The summed E-state index contributed by atoms with van der Waals surface area (Å²) in [6, 6.07) is 9.06. The second-order valence-corrected chi connectivity index (χ2v) is 5.93. The Morgan fingerprint density at radius 1 is 1.42 bits per heavy atom. The van der Waals surface area contributed by atoms with E-state index in [0.717, 1.165) is 17.0 Å². The third kappa shape index (κ3) is 4.57. The molecule has 0 radical (unpaired) electrons. The standard InChI is InChI=1S/C17H18N4O2S/c1-11-10-24-17(20-11)19-9-14(8-18)16(22)21-12(2)13-4-6-15(23-3)7-5-13/h4-7,9-10,12H,1-3H3,(H,19,20)(H,21,22)/b14-9-. The quantitative estimate of drug-likeness (QED) is 0.622. The molecule has 1 atom stereocenters. The molecule has 0 spiro atoms. The Morgan fingerprint density at radius 3 is 2.67 bits per heavy atom. The summed E-state index contributed by atoms with van der Waals surface area (Å²) in [5.41, 5.74) is 1.79. The van der Waals surface area contributed by atoms with E-state index >= 15 is 0 Å². The molecular weight excluding hydrogens is 324 g/mol. The number of hydrogen-bond donors (Lipinski definition) is 2. The third-order valence-electron chi connectivity index (χ3n) is 3.29. The van der Waals surface area contributed by atoms with Gasteiger partial charge in [-0.2, -0.15) is 5.26 Å². The molecule has 0 saturated carbocycles. The lowest BCUT2D eigenvalue weighted by molar-refractivity contribution is -0.117. The topological polar surface area (TPSA) is 87.0 Å². The zero-order valence-corrected chi connectivity index (χ0v) is 14.5. The molecule has 124 valence electrons. The minimum atomic E-state index is -0.443. The van der Waals surface area contributed by atoms with Gasteiger partial charge in [0.15, 0.2) is 5.13 Å². The molecule has 1 amide bonds. The fourth-order valence-electron chi connectivity index (χ4n) is 1.95. The molecule has 0 aliphatic heterocycles. The average Bonchev–Trinajstić information content (AvgIpc) is 3.00. The van der Waals surface area contributed by atoms with Crippen molar-refractivity contribution in [2.45, 2.75) is 19.9 Å². The number of nitrogens with one attached hydrogen (secondary N) is 2. The maximum absolute atomic E-state index is 12.2. The van der Waals surface area contributed by atoms with Gasteiger partial charge in [0.1, 0.15) is 17.4 Å². The molecule has 1 unspecified atom stereocenters. The van der Waals surface area contributed by atoms with Crippen LogP contribution in [0, 0.1) is 18.3 Å². The van der Waals surface area contributed by atoms with E-state index in [-0.39, 0.29) is 11.6 Å². The van der Waals surface area contributed by atoms with E-state index in [1.807, 2.05) is 49.6 Å². The lowest BCUT2D eigenvalue weighted by Gasteiger charge is -2.14. The molecule has 0 aliphatic carbocycles. The third-order valence-corrected chi connectivity index (χ3v) is 4.18. The number of benzene rings is 1. The van der Waals surface area contributed by atoms with Gasteiger partial charge in [0, 0.05) is 11.6 Å². The van der Waals surface area contributed by atoms with Crippen molar-refractivity contribution in [3.8, 4) is 11.8 Å². The number of nitriles is 1. The van der Waals surface area contributed by atoms with Gasteiger partial charge in [0.05, 0.1) is 18.8 Å². The van der Waals surface area contributed by atoms with Crippen LogP contribution in [0.1, 0.15) is 24.2 Å². The lowest BCUT2D eigenvalue weighted by atomic mass is 10.1. The van der Waals surface area contributed by atoms with Crippen LogP contribution in [-0.4, -0.2) is 18.0 Å². The average molecular weight is 342 g/mol. The monoisotopic (exact) mass is 342 g/mol. The Hall–Kier alpha value is -2.85. The molecule has 0 fully saturated rings. The number of hydrogen-bond acceptors (Lipinski definition) is 6. The Balaban J connectivity index is 2.01. The number of ether oxygens (including phenoxy) is 1. The lowest BCUT2D eigenvalue weighted by Crippen LogP contribution is -2.28. The van der Waals surface area contributed by atoms with Gasteiger partial charge in [-0.1, -0.05) is 12.1 Å². The van der Waals surface area contributed by atoms with E-state index < -0.39 is 5.91 Å². The number of carbonyl (C=O) groups excluding carboxylic acids is 1. The van der Waals surface area contributed by atoms with Gasteiger partial charge in [0.2, 0.25) is 0 Å². The van der Waals surface area contributed by atoms with E-state index in [0.29, 0.717) is 5.13 Å². The molecular formula is C17H18N4O2S. The number of aromatic nitrogens is 1. The number of amides is 1. The minimum Gasteiger partial charge on any atom is -0.497 e. The number of rotatable bonds is 6. The van der Waals surface area contributed by atoms with E-state index in [2.05, 4.69) is 15.6 Å². The predicted octanol–water partition coefficient (Wildman–Crippen LogP) is 3.16. The highest BCUT2D eigenvalue weighted by Crippen LogP contribution is 2.18. The van der Waals surface area contributed by atoms with Crippen molar-refractivity contribution in [1.82, 2.24) is 10.3 Å². The Morgan fingerprint density at radius 2 is 2.12 bits per heavy atom. The molecule has 6 nitrogen and oxygen atoms in total. The molecule has 0 bridgehead atoms. The van der Waals surface area contributed by atoms with Gasteiger partial charge in [-0.25, -0.2) is 4.98 Å². The first-order valence-corrected chi connectivity index (χ1v) is 8.15. The van der Waals surface area contributed by atoms with Gasteiger partial charge in [-0.3, -0.25) is 4.79 Å². The zero-order chi connectivity index (χ0) is 17.5. The van der Waals surface area contributed by atoms with E-state index in [1.165, 1.54) is 17.5 Å². The van der Waals surface area contributed by atoms with E-state index in [1.54, 1.807) is 7.11 Å². The molecule has 0 saturated heterocycles. The fraction of sp³-hybridized carbons (Fsp3) is 0.235. The van der Waals surface area contributed by atoms with Gasteiger partial charge < -0.3 is 15.4 Å². The van der Waals surface area contributed by atoms with Crippen molar-refractivity contribution in [1.29, 1.82) is 5.26 Å². The molecule has 1 heterocycles. The van der Waals surface area contributed by atoms with Crippen LogP contribution in [0.15, 0.2) is 41.4 Å². The molecule has 1 aromatic carbocycles. The highest BCUT2D eigenvalue weighted by atomic mass is 32.1. The van der Waals surface area contributed by atoms with Crippen molar-refractivity contribution in [2.24, 2.45) is 0 Å². The van der Waals surface area contributed by atoms with E-state index in [4.69, 9.17) is 4.74 Å². The molecule has 2 N–H and O–H groups in total. The predicted molar refractivity (Wildman–Crippen MR) is 93.7 cm³/mol. The highest BCUT2D eigenvalue weighted by Gasteiger charge is 2.14. The normalized spacial score (nSPS) is 12.2. The van der Waals surface area contributed by atoms with Gasteiger partial charge in [-0.15, -0.1) is 11.3 Å². The van der Waals surface area contributed by atoms with Crippen LogP contribution in [0.4, 0.5) is 5.13 Å². The number of anilines is 1. The first-order chi connectivity index (χ1) is 11.5. The SMILES string of the molecule is COc1ccc(C(C)NC(=O)/C(C#N)=C\Nc2nc(C)cs2)cc1. The van der Waals surface area contributed by atoms with Crippen LogP contribution in [-0.2, 0) is 4.79 Å². The summed E-state index contributed by atoms with van der Waals surface area (Å²) in [5.74, 6) is 0.305. The first-order valence-electron chi connectivity index (χ1n) is 7.27. The molecule has 1 aromatic heterocycles. The second-order valence-electron chi connectivity index (χ2n) is 5.08. The number of carbonyl (C=O) groups is 1. The molecule has 7 heteroatoms. The maximum atomic E-state index is 12.2. The smallest absolute Gasteiger partial charge is 0.263 e. The molecule has 2 rings (SSSR count). The van der Waals surface area contributed by atoms with Crippen LogP contribution in [0.25, 0.3) is 0 Å². The zero-order valence-electron chi connectivity index (χ0n) is 13.7. The molecule has 0 aliphatic rings. The largest absolute Gasteiger partial charge is 0.497 e. The van der Waals surface area contributed by atoms with Crippen LogP contribution >= 0.6 is 11.3 Å². The van der Waals surface area contributed by atoms with Crippen LogP contribution in [0.5, 0.6) is 5.75 Å². The van der Waals surface area contributed by atoms with Crippen LogP contribution in [0.3, 0.4) is 0 Å². The summed E-state index contributed by atoms with van der Waals surface area (Å²) in [4.78, 5) is 16.4. The van der Waals surface area contributed by atoms with Gasteiger partial charge in [0.25, 0.3) is 5.91 Å². The number of aryl methyl sites for hydroxylation is 1. The number of methoxy groups -OCH3 is 1. The number of thiazole rings is 1. The van der Waals surface area contributed by atoms with Crippen molar-refractivity contribution < 1.29 is 9.53 Å². The number of nitrogens with zero attached hydrogens (tertiary/aromatic N) is 2. The minimum absolute atomic E-state index is 0.0109. The summed E-state index contributed by atoms with van der Waals surface area (Å²) < 4.78 is 5.11. The fourth-order valence-corrected chi connectivity index (χ4v) is 2.61. The van der Waals surface area contributed by atoms with E-state index in [9.17, 15) is 10.1 Å². The Labute approximate surface area is 144 Å². The summed E-state index contributed by atoms with van der Waals surface area (Å²) in [5, 5.41) is 17.4. The Bertz CT molecular complexity index is 775. The summed E-state index contributed by atoms with van der Waals surface area (Å²) in [6.07, 6.45) is 1.37. The van der Waals surface area contributed by atoms with Crippen molar-refractivity contribution in [2.75, 3.05) is 12.4 Å². The highest BCUT2D eigenvalue weighted by molar-refractivity contribution is 7.13. The van der Waals surface area contributed by atoms with Crippen LogP contribution in [0.2, 0.25) is 0 Å². The van der Waals surface area contributed by atoms with Gasteiger partial charge in [-0.05, 0) is 31.5 Å².